The quantitative estimate of drug-likeness (QED) is 0.618. The van der Waals surface area contributed by atoms with E-state index in [2.05, 4.69) is 11.3 Å². The van der Waals surface area contributed by atoms with Gasteiger partial charge in [-0.15, -0.1) is 0 Å². The van der Waals surface area contributed by atoms with Crippen LogP contribution in [0.15, 0.2) is 72.3 Å². The SMILES string of the molecule is C=COC(=O)[C@H](Cc1ccccc1)NS(=O)(=O)c1ccc(C)cc1. The summed E-state index contributed by atoms with van der Waals surface area (Å²) in [7, 11) is -3.84. The summed E-state index contributed by atoms with van der Waals surface area (Å²) in [5.74, 6) is -0.704. The summed E-state index contributed by atoms with van der Waals surface area (Å²) in [6, 6.07) is 14.5. The third-order valence-electron chi connectivity index (χ3n) is 3.40. The number of ether oxygens (including phenoxy) is 1. The van der Waals surface area contributed by atoms with Gasteiger partial charge < -0.3 is 4.74 Å². The number of hydrogen-bond donors (Lipinski definition) is 1. The fourth-order valence-corrected chi connectivity index (χ4v) is 3.34. The fourth-order valence-electron chi connectivity index (χ4n) is 2.16. The molecule has 2 rings (SSSR count). The molecule has 0 radical (unpaired) electrons. The minimum absolute atomic E-state index is 0.0950. The molecule has 2 aromatic carbocycles. The van der Waals surface area contributed by atoms with Crippen molar-refractivity contribution in [2.45, 2.75) is 24.3 Å². The molecule has 5 nitrogen and oxygen atoms in total. The van der Waals surface area contributed by atoms with Gasteiger partial charge in [0.1, 0.15) is 6.04 Å². The van der Waals surface area contributed by atoms with E-state index in [-0.39, 0.29) is 11.3 Å². The normalized spacial score (nSPS) is 12.4. The Labute approximate surface area is 142 Å². The number of esters is 1. The Kier molecular flexibility index (Phi) is 5.89. The summed E-state index contributed by atoms with van der Waals surface area (Å²) in [6.07, 6.45) is 1.17. The summed E-state index contributed by atoms with van der Waals surface area (Å²) in [5, 5.41) is 0. The fraction of sp³-hybridized carbons (Fsp3) is 0.167. The average molecular weight is 345 g/mol. The van der Waals surface area contributed by atoms with Crippen molar-refractivity contribution in [3.8, 4) is 0 Å². The van der Waals surface area contributed by atoms with E-state index in [0.29, 0.717) is 0 Å². The number of rotatable bonds is 7. The first kappa shape index (κ1) is 17.9. The van der Waals surface area contributed by atoms with E-state index in [1.807, 2.05) is 37.3 Å². The standard InChI is InChI=1S/C18H19NO4S/c1-3-23-18(20)17(13-15-7-5-4-6-8-15)19-24(21,22)16-11-9-14(2)10-12-16/h3-12,17,19H,1,13H2,2H3/t17-/m0/s1. The molecular weight excluding hydrogens is 326 g/mol. The summed E-state index contributed by atoms with van der Waals surface area (Å²) in [5.41, 5.74) is 1.76. The van der Waals surface area contributed by atoms with Crippen molar-refractivity contribution < 1.29 is 17.9 Å². The van der Waals surface area contributed by atoms with Gasteiger partial charge in [-0.3, -0.25) is 0 Å². The second kappa shape index (κ2) is 7.90. The van der Waals surface area contributed by atoms with Crippen LogP contribution in [0, 0.1) is 6.92 Å². The Hall–Kier alpha value is -2.44. The Bertz CT molecular complexity index is 799. The molecule has 2 aromatic rings. The topological polar surface area (TPSA) is 72.5 Å². The Morgan fingerprint density at radius 2 is 1.79 bits per heavy atom. The summed E-state index contributed by atoms with van der Waals surface area (Å²) >= 11 is 0. The number of benzene rings is 2. The number of nitrogens with one attached hydrogen (secondary N) is 1. The first-order valence-corrected chi connectivity index (χ1v) is 8.85. The summed E-state index contributed by atoms with van der Waals surface area (Å²) in [6.45, 7) is 5.20. The molecule has 0 amide bonds. The molecule has 24 heavy (non-hydrogen) atoms. The zero-order valence-electron chi connectivity index (χ0n) is 13.3. The minimum atomic E-state index is -3.84. The summed E-state index contributed by atoms with van der Waals surface area (Å²) in [4.78, 5) is 12.2. The molecule has 0 unspecified atom stereocenters. The average Bonchev–Trinajstić information content (AvgIpc) is 2.55. The van der Waals surface area contributed by atoms with Gasteiger partial charge in [-0.1, -0.05) is 54.6 Å². The van der Waals surface area contributed by atoms with Crippen molar-refractivity contribution in [1.29, 1.82) is 0 Å². The Morgan fingerprint density at radius 3 is 2.38 bits per heavy atom. The van der Waals surface area contributed by atoms with Gasteiger partial charge in [0.05, 0.1) is 11.2 Å². The van der Waals surface area contributed by atoms with Gasteiger partial charge in [-0.25, -0.2) is 13.2 Å². The molecular formula is C18H19NO4S. The second-order valence-corrected chi connectivity index (χ2v) is 6.99. The molecule has 0 spiro atoms. The molecule has 0 aliphatic heterocycles. The van der Waals surface area contributed by atoms with Crippen molar-refractivity contribution in [3.05, 3.63) is 78.6 Å². The molecule has 6 heteroatoms. The highest BCUT2D eigenvalue weighted by molar-refractivity contribution is 7.89. The first-order chi connectivity index (χ1) is 11.4. The predicted molar refractivity (Wildman–Crippen MR) is 91.7 cm³/mol. The van der Waals surface area contributed by atoms with Gasteiger partial charge in [0.2, 0.25) is 10.0 Å². The van der Waals surface area contributed by atoms with E-state index in [1.54, 1.807) is 12.1 Å². The van der Waals surface area contributed by atoms with Crippen LogP contribution in [0.3, 0.4) is 0 Å². The van der Waals surface area contributed by atoms with Crippen LogP contribution in [-0.4, -0.2) is 20.4 Å². The highest BCUT2D eigenvalue weighted by Crippen LogP contribution is 2.13. The Balaban J connectivity index is 2.25. The molecule has 0 aliphatic rings. The molecule has 0 aliphatic carbocycles. The van der Waals surface area contributed by atoms with Gasteiger partial charge in [0, 0.05) is 0 Å². The van der Waals surface area contributed by atoms with Crippen molar-refractivity contribution in [2.24, 2.45) is 0 Å². The van der Waals surface area contributed by atoms with Crippen molar-refractivity contribution in [2.75, 3.05) is 0 Å². The highest BCUT2D eigenvalue weighted by atomic mass is 32.2. The van der Waals surface area contributed by atoms with Crippen molar-refractivity contribution in [3.63, 3.8) is 0 Å². The summed E-state index contributed by atoms with van der Waals surface area (Å²) < 4.78 is 32.2. The van der Waals surface area contributed by atoms with E-state index in [1.165, 1.54) is 12.1 Å². The van der Waals surface area contributed by atoms with E-state index in [0.717, 1.165) is 17.4 Å². The van der Waals surface area contributed by atoms with Crippen LogP contribution in [0.4, 0.5) is 0 Å². The van der Waals surface area contributed by atoms with Crippen LogP contribution < -0.4 is 4.72 Å². The van der Waals surface area contributed by atoms with Crippen molar-refractivity contribution >= 4 is 16.0 Å². The number of sulfonamides is 1. The first-order valence-electron chi connectivity index (χ1n) is 7.36. The number of carbonyl (C=O) groups excluding carboxylic acids is 1. The zero-order chi connectivity index (χ0) is 17.6. The lowest BCUT2D eigenvalue weighted by Crippen LogP contribution is -2.42. The second-order valence-electron chi connectivity index (χ2n) is 5.28. The highest BCUT2D eigenvalue weighted by Gasteiger charge is 2.27. The van der Waals surface area contributed by atoms with Gasteiger partial charge >= 0.3 is 5.97 Å². The molecule has 0 bridgehead atoms. The van der Waals surface area contributed by atoms with Crippen LogP contribution in [0.5, 0.6) is 0 Å². The maximum absolute atomic E-state index is 12.5. The molecule has 1 atom stereocenters. The van der Waals surface area contributed by atoms with Gasteiger partial charge in [0.15, 0.2) is 0 Å². The van der Waals surface area contributed by atoms with E-state index in [4.69, 9.17) is 4.74 Å². The third kappa shape index (κ3) is 4.78. The monoisotopic (exact) mass is 345 g/mol. The smallest absolute Gasteiger partial charge is 0.329 e. The van der Waals surface area contributed by atoms with Gasteiger partial charge in [-0.05, 0) is 31.0 Å². The maximum atomic E-state index is 12.5. The minimum Gasteiger partial charge on any atom is -0.434 e. The molecule has 0 saturated heterocycles. The van der Waals surface area contributed by atoms with Crippen LogP contribution in [-0.2, 0) is 26.0 Å². The van der Waals surface area contributed by atoms with Crippen LogP contribution >= 0.6 is 0 Å². The number of carbonyl (C=O) groups is 1. The number of aryl methyl sites for hydroxylation is 1. The number of hydrogen-bond acceptors (Lipinski definition) is 4. The van der Waals surface area contributed by atoms with Crippen LogP contribution in [0.2, 0.25) is 0 Å². The van der Waals surface area contributed by atoms with E-state index >= 15 is 0 Å². The predicted octanol–water partition coefficient (Wildman–Crippen LogP) is 2.57. The van der Waals surface area contributed by atoms with Crippen LogP contribution in [0.1, 0.15) is 11.1 Å². The zero-order valence-corrected chi connectivity index (χ0v) is 14.1. The largest absolute Gasteiger partial charge is 0.434 e. The maximum Gasteiger partial charge on any atom is 0.329 e. The van der Waals surface area contributed by atoms with Gasteiger partial charge in [-0.2, -0.15) is 4.72 Å². The lowest BCUT2D eigenvalue weighted by atomic mass is 10.1. The molecule has 0 aromatic heterocycles. The van der Waals surface area contributed by atoms with Crippen molar-refractivity contribution in [1.82, 2.24) is 4.72 Å². The van der Waals surface area contributed by atoms with Crippen LogP contribution in [0.25, 0.3) is 0 Å². The molecule has 0 heterocycles. The lowest BCUT2D eigenvalue weighted by molar-refractivity contribution is -0.139. The van der Waals surface area contributed by atoms with E-state index < -0.39 is 22.0 Å². The molecule has 0 saturated carbocycles. The lowest BCUT2D eigenvalue weighted by Gasteiger charge is -2.17. The van der Waals surface area contributed by atoms with E-state index in [9.17, 15) is 13.2 Å². The Morgan fingerprint density at radius 1 is 1.17 bits per heavy atom. The molecule has 0 fully saturated rings. The molecule has 126 valence electrons. The third-order valence-corrected chi connectivity index (χ3v) is 4.88. The molecule has 1 N–H and O–H groups in total. The van der Waals surface area contributed by atoms with Gasteiger partial charge in [0.25, 0.3) is 0 Å².